The molecule has 2 heterocycles. The Balaban J connectivity index is 1.69. The average Bonchev–Trinajstić information content (AvgIpc) is 3.44. The lowest BCUT2D eigenvalue weighted by Crippen LogP contribution is -2.40. The van der Waals surface area contributed by atoms with E-state index in [0.29, 0.717) is 16.0 Å². The largest absolute Gasteiger partial charge is 0.350 e. The van der Waals surface area contributed by atoms with Crippen molar-refractivity contribution in [1.82, 2.24) is 0 Å². The Bertz CT molecular complexity index is 1060. The molecule has 3 aromatic rings. The van der Waals surface area contributed by atoms with Gasteiger partial charge in [0, 0.05) is 5.56 Å². The molecule has 0 N–H and O–H groups in total. The summed E-state index contributed by atoms with van der Waals surface area (Å²) in [6.07, 6.45) is -0.548. The Morgan fingerprint density at radius 2 is 1.52 bits per heavy atom. The highest BCUT2D eigenvalue weighted by Gasteiger charge is 2.71. The SMILES string of the molecule is O=C1c2ccccc2S(=O)C(c2ccccc2)C12OC2c1ccc(F)cc1. The van der Waals surface area contributed by atoms with Crippen molar-refractivity contribution in [2.75, 3.05) is 0 Å². The Labute approximate surface area is 158 Å². The molecular formula is C22H15FO3S. The van der Waals surface area contributed by atoms with Gasteiger partial charge < -0.3 is 4.74 Å². The highest BCUT2D eigenvalue weighted by molar-refractivity contribution is 7.85. The Hall–Kier alpha value is -2.63. The fourth-order valence-electron chi connectivity index (χ4n) is 3.93. The van der Waals surface area contributed by atoms with E-state index in [9.17, 15) is 13.4 Å². The first-order valence-corrected chi connectivity index (χ1v) is 9.87. The maximum absolute atomic E-state index is 13.5. The van der Waals surface area contributed by atoms with E-state index in [4.69, 9.17) is 4.74 Å². The maximum atomic E-state index is 13.5. The van der Waals surface area contributed by atoms with Crippen LogP contribution in [0.5, 0.6) is 0 Å². The third kappa shape index (κ3) is 2.35. The molecule has 0 bridgehead atoms. The molecule has 0 amide bonds. The fourth-order valence-corrected chi connectivity index (χ4v) is 5.78. The first-order chi connectivity index (χ1) is 13.1. The predicted octanol–water partition coefficient (Wildman–Crippen LogP) is 4.38. The molecule has 4 unspecified atom stereocenters. The van der Waals surface area contributed by atoms with Crippen molar-refractivity contribution in [2.24, 2.45) is 0 Å². The van der Waals surface area contributed by atoms with Gasteiger partial charge in [0.1, 0.15) is 17.2 Å². The van der Waals surface area contributed by atoms with Crippen molar-refractivity contribution >= 4 is 16.6 Å². The van der Waals surface area contributed by atoms with Crippen LogP contribution in [0.2, 0.25) is 0 Å². The van der Waals surface area contributed by atoms with E-state index in [-0.39, 0.29) is 11.6 Å². The second-order valence-corrected chi connectivity index (χ2v) is 8.26. The van der Waals surface area contributed by atoms with Gasteiger partial charge in [0.25, 0.3) is 0 Å². The summed E-state index contributed by atoms with van der Waals surface area (Å²) in [5.41, 5.74) is 0.719. The van der Waals surface area contributed by atoms with Crippen LogP contribution in [0, 0.1) is 5.82 Å². The van der Waals surface area contributed by atoms with Gasteiger partial charge in [-0.1, -0.05) is 60.7 Å². The third-order valence-corrected chi connectivity index (χ3v) is 7.07. The summed E-state index contributed by atoms with van der Waals surface area (Å²) in [6.45, 7) is 0. The summed E-state index contributed by atoms with van der Waals surface area (Å²) in [6, 6.07) is 22.3. The number of fused-ring (bicyclic) bond motifs is 1. The molecule has 0 radical (unpaired) electrons. The van der Waals surface area contributed by atoms with E-state index < -0.39 is 27.8 Å². The molecule has 1 saturated heterocycles. The molecule has 0 aliphatic carbocycles. The standard InChI is InChI=1S/C22H15FO3S/c23-16-12-10-14(11-13-16)20-22(26-20)19(24)17-8-4-5-9-18(17)27(25)21(22)15-6-2-1-3-7-15/h1-13,20-21H. The second kappa shape index (κ2) is 5.94. The smallest absolute Gasteiger partial charge is 0.200 e. The molecule has 134 valence electrons. The van der Waals surface area contributed by atoms with Gasteiger partial charge in [-0.15, -0.1) is 0 Å². The topological polar surface area (TPSA) is 46.7 Å². The van der Waals surface area contributed by atoms with Crippen molar-refractivity contribution in [3.05, 3.63) is 101 Å². The Morgan fingerprint density at radius 3 is 2.26 bits per heavy atom. The van der Waals surface area contributed by atoms with E-state index in [1.165, 1.54) is 12.1 Å². The highest BCUT2D eigenvalue weighted by Crippen LogP contribution is 2.62. The van der Waals surface area contributed by atoms with Gasteiger partial charge in [-0.2, -0.15) is 0 Å². The molecule has 3 aromatic carbocycles. The van der Waals surface area contributed by atoms with Crippen molar-refractivity contribution in [3.63, 3.8) is 0 Å². The highest BCUT2D eigenvalue weighted by atomic mass is 32.2. The van der Waals surface area contributed by atoms with E-state index in [1.807, 2.05) is 30.3 Å². The number of carbonyl (C=O) groups is 1. The molecule has 1 spiro atoms. The number of benzene rings is 3. The van der Waals surface area contributed by atoms with Crippen LogP contribution in [-0.2, 0) is 15.5 Å². The molecule has 0 aromatic heterocycles. The van der Waals surface area contributed by atoms with E-state index in [0.717, 1.165) is 5.56 Å². The summed E-state index contributed by atoms with van der Waals surface area (Å²) >= 11 is 0. The van der Waals surface area contributed by atoms with Crippen LogP contribution in [0.4, 0.5) is 4.39 Å². The number of ketones is 1. The number of carbonyl (C=O) groups excluding carboxylic acids is 1. The second-order valence-electron chi connectivity index (χ2n) is 6.76. The lowest BCUT2D eigenvalue weighted by molar-refractivity contribution is 0.0859. The molecule has 1 fully saturated rings. The summed E-state index contributed by atoms with van der Waals surface area (Å²) in [7, 11) is -1.45. The molecule has 2 aliphatic heterocycles. The number of rotatable bonds is 2. The van der Waals surface area contributed by atoms with Crippen LogP contribution < -0.4 is 0 Å². The van der Waals surface area contributed by atoms with Crippen LogP contribution >= 0.6 is 0 Å². The lowest BCUT2D eigenvalue weighted by atomic mass is 9.85. The van der Waals surface area contributed by atoms with Gasteiger partial charge in [0.15, 0.2) is 5.60 Å². The zero-order chi connectivity index (χ0) is 18.6. The van der Waals surface area contributed by atoms with Crippen LogP contribution in [0.1, 0.15) is 32.8 Å². The van der Waals surface area contributed by atoms with Crippen LogP contribution in [-0.4, -0.2) is 15.6 Å². The third-order valence-electron chi connectivity index (χ3n) is 5.23. The molecular weight excluding hydrogens is 363 g/mol. The van der Waals surface area contributed by atoms with Crippen molar-refractivity contribution in [2.45, 2.75) is 21.9 Å². The normalized spacial score (nSPS) is 28.8. The molecule has 27 heavy (non-hydrogen) atoms. The quantitative estimate of drug-likeness (QED) is 0.622. The first-order valence-electron chi connectivity index (χ1n) is 8.65. The monoisotopic (exact) mass is 378 g/mol. The number of hydrogen-bond acceptors (Lipinski definition) is 3. The zero-order valence-corrected chi connectivity index (χ0v) is 15.0. The van der Waals surface area contributed by atoms with Crippen molar-refractivity contribution in [1.29, 1.82) is 0 Å². The van der Waals surface area contributed by atoms with Gasteiger partial charge >= 0.3 is 0 Å². The van der Waals surface area contributed by atoms with Gasteiger partial charge in [0.05, 0.1) is 15.7 Å². The molecule has 4 atom stereocenters. The number of hydrogen-bond donors (Lipinski definition) is 0. The molecule has 0 saturated carbocycles. The van der Waals surface area contributed by atoms with Gasteiger partial charge in [-0.05, 0) is 29.3 Å². The lowest BCUT2D eigenvalue weighted by Gasteiger charge is -2.30. The number of ether oxygens (including phenoxy) is 1. The van der Waals surface area contributed by atoms with E-state index in [2.05, 4.69) is 0 Å². The molecule has 5 rings (SSSR count). The van der Waals surface area contributed by atoms with Gasteiger partial charge in [0.2, 0.25) is 5.78 Å². The molecule has 5 heteroatoms. The summed E-state index contributed by atoms with van der Waals surface area (Å²) in [5, 5.41) is -0.615. The Morgan fingerprint density at radius 1 is 0.852 bits per heavy atom. The predicted molar refractivity (Wildman–Crippen MR) is 99.3 cm³/mol. The first kappa shape index (κ1) is 16.5. The number of Topliss-reactive ketones (excluding diaryl/α,β-unsaturated/α-hetero) is 1. The summed E-state index contributed by atoms with van der Waals surface area (Å²) in [4.78, 5) is 14.0. The summed E-state index contributed by atoms with van der Waals surface area (Å²) in [5.74, 6) is -0.516. The Kier molecular flexibility index (Phi) is 3.64. The van der Waals surface area contributed by atoms with Crippen molar-refractivity contribution < 1.29 is 18.1 Å². The van der Waals surface area contributed by atoms with Crippen LogP contribution in [0.3, 0.4) is 0 Å². The number of epoxide rings is 1. The van der Waals surface area contributed by atoms with Gasteiger partial charge in [-0.25, -0.2) is 4.39 Å². The number of halogens is 1. The minimum Gasteiger partial charge on any atom is -0.350 e. The van der Waals surface area contributed by atoms with Gasteiger partial charge in [-0.3, -0.25) is 9.00 Å². The van der Waals surface area contributed by atoms with Crippen molar-refractivity contribution in [3.8, 4) is 0 Å². The molecule has 3 nitrogen and oxygen atoms in total. The van der Waals surface area contributed by atoms with E-state index in [1.54, 1.807) is 36.4 Å². The zero-order valence-electron chi connectivity index (χ0n) is 14.2. The fraction of sp³-hybridized carbons (Fsp3) is 0.136. The average molecular weight is 378 g/mol. The van der Waals surface area contributed by atoms with E-state index >= 15 is 0 Å². The minimum atomic E-state index is -1.45. The maximum Gasteiger partial charge on any atom is 0.200 e. The van der Waals surface area contributed by atoms with Crippen LogP contribution in [0.25, 0.3) is 0 Å². The summed E-state index contributed by atoms with van der Waals surface area (Å²) < 4.78 is 32.8. The van der Waals surface area contributed by atoms with Crippen LogP contribution in [0.15, 0.2) is 83.8 Å². The molecule has 2 aliphatic rings. The minimum absolute atomic E-state index is 0.166.